The second kappa shape index (κ2) is 7.17. The number of rotatable bonds is 4. The number of anilines is 1. The Balaban J connectivity index is 1.71. The molecule has 0 spiro atoms. The molecule has 3 aromatic heterocycles. The number of imidazole rings is 1. The van der Waals surface area contributed by atoms with E-state index in [0.29, 0.717) is 16.9 Å². The van der Waals surface area contributed by atoms with E-state index in [1.54, 1.807) is 28.8 Å². The van der Waals surface area contributed by atoms with E-state index in [0.717, 1.165) is 16.3 Å². The number of fused-ring (bicyclic) bond motifs is 1. The average molecular weight is 438 g/mol. The average Bonchev–Trinajstić information content (AvgIpc) is 3.28. The molecule has 0 saturated carbocycles. The quantitative estimate of drug-likeness (QED) is 0.487. The molecule has 12 heteroatoms. The highest BCUT2D eigenvalue weighted by molar-refractivity contribution is 6.28. The highest BCUT2D eigenvalue weighted by Gasteiger charge is 2.35. The molecule has 8 nitrogen and oxygen atoms in total. The molecule has 0 aliphatic rings. The van der Waals surface area contributed by atoms with Gasteiger partial charge in [0.15, 0.2) is 11.3 Å². The molecule has 2 N–H and O–H groups in total. The van der Waals surface area contributed by atoms with Gasteiger partial charge in [-0.25, -0.2) is 14.6 Å². The molecule has 0 fully saturated rings. The largest absolute Gasteiger partial charge is 0.481 e. The molecule has 1 aromatic carbocycles. The summed E-state index contributed by atoms with van der Waals surface area (Å²) in [5.74, 6) is 0.209. The maximum Gasteiger partial charge on any atom is 0.435 e. The van der Waals surface area contributed by atoms with Crippen molar-refractivity contribution in [3.8, 4) is 11.6 Å². The van der Waals surface area contributed by atoms with E-state index in [4.69, 9.17) is 22.1 Å². The summed E-state index contributed by atoms with van der Waals surface area (Å²) in [6.45, 7) is 1.89. The first kappa shape index (κ1) is 20.0. The van der Waals surface area contributed by atoms with Gasteiger partial charge in [-0.15, -0.1) is 0 Å². The SMILES string of the molecule is COc1cc(C(F)(F)F)nn1-c1ccc(C(C)n2c(N)nc3cnc(Cl)nc32)cc1. The number of halogens is 4. The Morgan fingerprint density at radius 2 is 1.87 bits per heavy atom. The smallest absolute Gasteiger partial charge is 0.435 e. The third-order valence-corrected chi connectivity index (χ3v) is 4.80. The predicted molar refractivity (Wildman–Crippen MR) is 104 cm³/mol. The van der Waals surface area contributed by atoms with Crippen molar-refractivity contribution in [3.05, 3.63) is 53.1 Å². The van der Waals surface area contributed by atoms with Crippen LogP contribution in [0.1, 0.15) is 24.2 Å². The van der Waals surface area contributed by atoms with Crippen LogP contribution in [0.2, 0.25) is 5.28 Å². The topological polar surface area (TPSA) is 96.7 Å². The highest BCUT2D eigenvalue weighted by atomic mass is 35.5. The van der Waals surface area contributed by atoms with E-state index >= 15 is 0 Å². The van der Waals surface area contributed by atoms with Crippen molar-refractivity contribution in [1.29, 1.82) is 0 Å². The zero-order chi connectivity index (χ0) is 21.6. The van der Waals surface area contributed by atoms with Gasteiger partial charge in [0.2, 0.25) is 17.1 Å². The van der Waals surface area contributed by atoms with Crippen molar-refractivity contribution in [2.75, 3.05) is 12.8 Å². The number of nitrogen functional groups attached to an aromatic ring is 1. The number of aromatic nitrogens is 6. The number of nitrogens with two attached hydrogens (primary N) is 1. The van der Waals surface area contributed by atoms with Gasteiger partial charge in [-0.2, -0.15) is 23.3 Å². The van der Waals surface area contributed by atoms with Crippen molar-refractivity contribution in [2.24, 2.45) is 0 Å². The normalized spacial score (nSPS) is 13.0. The fourth-order valence-electron chi connectivity index (χ4n) is 3.15. The van der Waals surface area contributed by atoms with Crippen LogP contribution in [0.4, 0.5) is 19.1 Å². The van der Waals surface area contributed by atoms with E-state index in [9.17, 15) is 13.2 Å². The van der Waals surface area contributed by atoms with Crippen LogP contribution in [-0.2, 0) is 6.18 Å². The zero-order valence-electron chi connectivity index (χ0n) is 15.7. The first-order valence-electron chi connectivity index (χ1n) is 8.66. The molecule has 1 atom stereocenters. The minimum Gasteiger partial charge on any atom is -0.481 e. The van der Waals surface area contributed by atoms with Crippen LogP contribution < -0.4 is 10.5 Å². The maximum absolute atomic E-state index is 13.0. The molecule has 4 aromatic rings. The number of nitrogens with zero attached hydrogens (tertiary/aromatic N) is 6. The maximum atomic E-state index is 13.0. The molecule has 30 heavy (non-hydrogen) atoms. The lowest BCUT2D eigenvalue weighted by Crippen LogP contribution is -2.11. The number of methoxy groups -OCH3 is 1. The van der Waals surface area contributed by atoms with Crippen LogP contribution in [0.3, 0.4) is 0 Å². The number of benzene rings is 1. The van der Waals surface area contributed by atoms with Crippen molar-refractivity contribution >= 4 is 28.7 Å². The number of ether oxygens (including phenoxy) is 1. The van der Waals surface area contributed by atoms with Crippen LogP contribution in [0.25, 0.3) is 16.9 Å². The summed E-state index contributed by atoms with van der Waals surface area (Å²) in [7, 11) is 1.28. The third kappa shape index (κ3) is 3.41. The summed E-state index contributed by atoms with van der Waals surface area (Å²) in [6, 6.07) is 7.35. The van der Waals surface area contributed by atoms with Crippen LogP contribution >= 0.6 is 11.6 Å². The van der Waals surface area contributed by atoms with Gasteiger partial charge in [-0.1, -0.05) is 12.1 Å². The zero-order valence-corrected chi connectivity index (χ0v) is 16.5. The monoisotopic (exact) mass is 437 g/mol. The Labute approximate surface area is 173 Å². The standard InChI is InChI=1S/C18H15ClF3N7O/c1-9(28-15-12(25-17(28)23)8-24-16(19)26-15)10-3-5-11(6-4-10)29-14(30-2)7-13(27-29)18(20,21)22/h3-9H,1-2H3,(H2,23,25). The van der Waals surface area contributed by atoms with Crippen LogP contribution in [-0.4, -0.2) is 36.4 Å². The molecule has 0 saturated heterocycles. The van der Waals surface area contributed by atoms with E-state index in [-0.39, 0.29) is 23.2 Å². The van der Waals surface area contributed by atoms with Crippen LogP contribution in [0, 0.1) is 0 Å². The summed E-state index contributed by atoms with van der Waals surface area (Å²) < 4.78 is 46.8. The summed E-state index contributed by atoms with van der Waals surface area (Å²) in [4.78, 5) is 12.3. The lowest BCUT2D eigenvalue weighted by Gasteiger charge is -2.16. The first-order valence-corrected chi connectivity index (χ1v) is 9.04. The molecule has 0 amide bonds. The molecule has 0 aliphatic heterocycles. The fourth-order valence-corrected chi connectivity index (χ4v) is 3.27. The summed E-state index contributed by atoms with van der Waals surface area (Å²) in [5.41, 5.74) is 7.22. The summed E-state index contributed by atoms with van der Waals surface area (Å²) >= 11 is 5.90. The number of alkyl halides is 3. The van der Waals surface area contributed by atoms with E-state index in [1.165, 1.54) is 13.3 Å². The molecule has 0 aliphatic carbocycles. The minimum atomic E-state index is -4.57. The number of hydrogen-bond donors (Lipinski definition) is 1. The molecular weight excluding hydrogens is 423 g/mol. The molecule has 0 bridgehead atoms. The van der Waals surface area contributed by atoms with Crippen molar-refractivity contribution < 1.29 is 17.9 Å². The Bertz CT molecular complexity index is 1220. The Hall–Kier alpha value is -3.34. The second-order valence-corrected chi connectivity index (χ2v) is 6.77. The van der Waals surface area contributed by atoms with Crippen molar-refractivity contribution in [2.45, 2.75) is 19.1 Å². The molecule has 156 valence electrons. The summed E-state index contributed by atoms with van der Waals surface area (Å²) in [5, 5.41) is 3.68. The van der Waals surface area contributed by atoms with E-state index in [1.807, 2.05) is 6.92 Å². The van der Waals surface area contributed by atoms with Crippen molar-refractivity contribution in [1.82, 2.24) is 29.3 Å². The molecule has 1 unspecified atom stereocenters. The van der Waals surface area contributed by atoms with Crippen LogP contribution in [0.5, 0.6) is 5.88 Å². The lowest BCUT2D eigenvalue weighted by atomic mass is 10.1. The molecule has 4 rings (SSSR count). The summed E-state index contributed by atoms with van der Waals surface area (Å²) in [6.07, 6.45) is -3.09. The predicted octanol–water partition coefficient (Wildman–Crippen LogP) is 3.88. The van der Waals surface area contributed by atoms with Gasteiger partial charge >= 0.3 is 6.18 Å². The Morgan fingerprint density at radius 3 is 2.50 bits per heavy atom. The fraction of sp³-hybridized carbons (Fsp3) is 0.222. The van der Waals surface area contributed by atoms with Gasteiger partial charge in [0.05, 0.1) is 25.0 Å². The third-order valence-electron chi connectivity index (χ3n) is 4.61. The van der Waals surface area contributed by atoms with Gasteiger partial charge in [0, 0.05) is 6.07 Å². The van der Waals surface area contributed by atoms with E-state index in [2.05, 4.69) is 20.1 Å². The van der Waals surface area contributed by atoms with Gasteiger partial charge in [-0.05, 0) is 36.2 Å². The molecular formula is C18H15ClF3N7O. The van der Waals surface area contributed by atoms with Gasteiger partial charge in [0.1, 0.15) is 5.52 Å². The Kier molecular flexibility index (Phi) is 4.77. The second-order valence-electron chi connectivity index (χ2n) is 6.44. The van der Waals surface area contributed by atoms with Gasteiger partial charge < -0.3 is 10.5 Å². The van der Waals surface area contributed by atoms with Gasteiger partial charge in [-0.3, -0.25) is 4.57 Å². The molecule has 0 radical (unpaired) electrons. The molecule has 3 heterocycles. The highest BCUT2D eigenvalue weighted by Crippen LogP contribution is 2.32. The van der Waals surface area contributed by atoms with Crippen molar-refractivity contribution in [3.63, 3.8) is 0 Å². The van der Waals surface area contributed by atoms with E-state index < -0.39 is 11.9 Å². The number of hydrogen-bond acceptors (Lipinski definition) is 6. The lowest BCUT2D eigenvalue weighted by molar-refractivity contribution is -0.141. The van der Waals surface area contributed by atoms with Gasteiger partial charge in [0.25, 0.3) is 0 Å². The first-order chi connectivity index (χ1) is 14.2. The minimum absolute atomic E-state index is 0.0284. The van der Waals surface area contributed by atoms with Crippen LogP contribution in [0.15, 0.2) is 36.5 Å². The Morgan fingerprint density at radius 1 is 1.17 bits per heavy atom.